The van der Waals surface area contributed by atoms with Crippen LogP contribution in [0.1, 0.15) is 60.5 Å². The van der Waals surface area contributed by atoms with E-state index in [1.54, 1.807) is 27.1 Å². The molecule has 1 amide bonds. The maximum absolute atomic E-state index is 12.3. The first-order valence-corrected chi connectivity index (χ1v) is 9.07. The normalized spacial score (nSPS) is 13.3. The van der Waals surface area contributed by atoms with Gasteiger partial charge in [0.2, 0.25) is 0 Å². The number of carbonyl (C=O) groups is 2. The van der Waals surface area contributed by atoms with Crippen molar-refractivity contribution in [2.45, 2.75) is 71.8 Å². The van der Waals surface area contributed by atoms with Crippen molar-refractivity contribution in [3.8, 4) is 0 Å². The third-order valence-corrected chi connectivity index (χ3v) is 3.54. The smallest absolute Gasteiger partial charge is 0.409 e. The number of nitrogens with zero attached hydrogens (tertiary/aromatic N) is 2. The fraction of sp³-hybridized carbons (Fsp3) is 0.550. The molecule has 0 saturated heterocycles. The van der Waals surface area contributed by atoms with Gasteiger partial charge in [-0.15, -0.1) is 0 Å². The summed E-state index contributed by atoms with van der Waals surface area (Å²) in [7, 11) is 0. The van der Waals surface area contributed by atoms with Crippen LogP contribution in [0.4, 0.5) is 4.79 Å². The summed E-state index contributed by atoms with van der Waals surface area (Å²) >= 11 is 0. The summed E-state index contributed by atoms with van der Waals surface area (Å²) in [5, 5.41) is 2.84. The van der Waals surface area contributed by atoms with Gasteiger partial charge in [0, 0.05) is 6.42 Å². The van der Waals surface area contributed by atoms with Gasteiger partial charge >= 0.3 is 12.1 Å². The molecule has 0 aliphatic rings. The van der Waals surface area contributed by atoms with E-state index in [4.69, 9.17) is 9.47 Å². The number of imidazole rings is 1. The molecule has 2 aromatic rings. The molecule has 148 valence electrons. The minimum atomic E-state index is -0.614. The third-order valence-electron chi connectivity index (χ3n) is 3.54. The Morgan fingerprint density at radius 2 is 1.70 bits per heavy atom. The van der Waals surface area contributed by atoms with Crippen LogP contribution in [-0.4, -0.2) is 32.8 Å². The number of hydrogen-bond donors (Lipinski definition) is 1. The zero-order valence-corrected chi connectivity index (χ0v) is 16.9. The maximum atomic E-state index is 12.3. The van der Waals surface area contributed by atoms with E-state index in [0.717, 1.165) is 11.0 Å². The number of carbonyl (C=O) groups excluding carboxylic acids is 2. The van der Waals surface area contributed by atoms with E-state index < -0.39 is 23.5 Å². The maximum Gasteiger partial charge on any atom is 0.409 e. The number of amides is 1. The molecule has 1 aromatic carbocycles. The highest BCUT2D eigenvalue weighted by atomic mass is 16.6. The van der Waals surface area contributed by atoms with Gasteiger partial charge in [-0.2, -0.15) is 0 Å². The minimum absolute atomic E-state index is 0.157. The third kappa shape index (κ3) is 6.58. The summed E-state index contributed by atoms with van der Waals surface area (Å²) in [6, 6.07) is 7.61. The zero-order valence-electron chi connectivity index (χ0n) is 16.9. The van der Waals surface area contributed by atoms with Crippen LogP contribution >= 0.6 is 0 Å². The van der Waals surface area contributed by atoms with Crippen LogP contribution in [-0.2, 0) is 14.3 Å². The van der Waals surface area contributed by atoms with Crippen molar-refractivity contribution in [2.24, 2.45) is 0 Å². The quantitative estimate of drug-likeness (QED) is 0.793. The van der Waals surface area contributed by atoms with E-state index in [2.05, 4.69) is 10.3 Å². The molecule has 1 heterocycles. The molecule has 27 heavy (non-hydrogen) atoms. The van der Waals surface area contributed by atoms with E-state index in [9.17, 15) is 9.59 Å². The van der Waals surface area contributed by atoms with E-state index in [-0.39, 0.29) is 12.4 Å². The van der Waals surface area contributed by atoms with Crippen LogP contribution in [0.15, 0.2) is 30.6 Å². The van der Waals surface area contributed by atoms with Gasteiger partial charge in [-0.25, -0.2) is 9.78 Å². The number of fused-ring (bicyclic) bond motifs is 1. The fourth-order valence-electron chi connectivity index (χ4n) is 2.60. The van der Waals surface area contributed by atoms with Gasteiger partial charge < -0.3 is 19.4 Å². The zero-order chi connectivity index (χ0) is 20.2. The molecular weight excluding hydrogens is 346 g/mol. The fourth-order valence-corrected chi connectivity index (χ4v) is 2.60. The van der Waals surface area contributed by atoms with Crippen molar-refractivity contribution in [1.29, 1.82) is 0 Å². The summed E-state index contributed by atoms with van der Waals surface area (Å²) < 4.78 is 12.6. The highest BCUT2D eigenvalue weighted by Gasteiger charge is 2.23. The second-order valence-electron chi connectivity index (χ2n) is 8.43. The molecule has 1 unspecified atom stereocenters. The molecule has 0 aliphatic carbocycles. The van der Waals surface area contributed by atoms with Gasteiger partial charge in [-0.1, -0.05) is 12.1 Å². The molecule has 0 aliphatic heterocycles. The van der Waals surface area contributed by atoms with E-state index in [1.165, 1.54) is 0 Å². The lowest BCUT2D eigenvalue weighted by molar-refractivity contribution is -0.155. The predicted octanol–water partition coefficient (Wildman–Crippen LogP) is 4.18. The summed E-state index contributed by atoms with van der Waals surface area (Å²) in [4.78, 5) is 28.8. The highest BCUT2D eigenvalue weighted by Crippen LogP contribution is 2.21. The molecule has 0 bridgehead atoms. The molecule has 1 aromatic heterocycles. The first-order chi connectivity index (χ1) is 12.4. The standard InChI is InChI=1S/C20H29N3O4/c1-19(2,3)26-17(24)12-11-16(22-18(25)27-20(4,5)6)23-13-21-14-9-7-8-10-15(14)23/h7-10,13,16H,11-12H2,1-6H3,(H,22,25). The first-order valence-electron chi connectivity index (χ1n) is 9.07. The number of aromatic nitrogens is 2. The van der Waals surface area contributed by atoms with Gasteiger partial charge in [0.15, 0.2) is 0 Å². The highest BCUT2D eigenvalue weighted by molar-refractivity contribution is 5.76. The number of rotatable bonds is 5. The second kappa shape index (κ2) is 7.98. The molecule has 1 atom stereocenters. The van der Waals surface area contributed by atoms with Crippen molar-refractivity contribution in [1.82, 2.24) is 14.9 Å². The Bertz CT molecular complexity index is 799. The monoisotopic (exact) mass is 375 g/mol. The molecule has 0 spiro atoms. The number of hydrogen-bond acceptors (Lipinski definition) is 5. The Balaban J connectivity index is 2.18. The van der Waals surface area contributed by atoms with E-state index >= 15 is 0 Å². The van der Waals surface area contributed by atoms with Crippen molar-refractivity contribution in [3.05, 3.63) is 30.6 Å². The molecule has 7 nitrogen and oxygen atoms in total. The molecule has 0 fully saturated rings. The van der Waals surface area contributed by atoms with Crippen LogP contribution in [0.25, 0.3) is 11.0 Å². The number of nitrogens with one attached hydrogen (secondary N) is 1. The SMILES string of the molecule is CC(C)(C)OC(=O)CCC(NC(=O)OC(C)(C)C)n1cnc2ccccc21. The van der Waals surface area contributed by atoms with Gasteiger partial charge in [0.05, 0.1) is 17.4 Å². The van der Waals surface area contributed by atoms with Crippen LogP contribution in [0, 0.1) is 0 Å². The second-order valence-corrected chi connectivity index (χ2v) is 8.43. The Morgan fingerprint density at radius 3 is 2.33 bits per heavy atom. The first kappa shape index (κ1) is 20.7. The number of benzene rings is 1. The van der Waals surface area contributed by atoms with Crippen LogP contribution in [0.3, 0.4) is 0 Å². The lowest BCUT2D eigenvalue weighted by Gasteiger charge is -2.25. The van der Waals surface area contributed by atoms with E-state index in [1.807, 2.05) is 49.6 Å². The Kier molecular flexibility index (Phi) is 6.13. The van der Waals surface area contributed by atoms with Crippen LogP contribution in [0.5, 0.6) is 0 Å². The summed E-state index contributed by atoms with van der Waals surface area (Å²) in [6.45, 7) is 10.9. The van der Waals surface area contributed by atoms with Crippen molar-refractivity contribution in [2.75, 3.05) is 0 Å². The number of ether oxygens (including phenoxy) is 2. The van der Waals surface area contributed by atoms with Crippen LogP contribution < -0.4 is 5.32 Å². The molecular formula is C20H29N3O4. The average Bonchev–Trinajstić information content (AvgIpc) is 2.92. The Hall–Kier alpha value is -2.57. The Labute approximate surface area is 160 Å². The molecule has 7 heteroatoms. The largest absolute Gasteiger partial charge is 0.460 e. The predicted molar refractivity (Wildman–Crippen MR) is 103 cm³/mol. The molecule has 2 rings (SSSR count). The summed E-state index contributed by atoms with van der Waals surface area (Å²) in [6.07, 6.45) is 1.13. The summed E-state index contributed by atoms with van der Waals surface area (Å²) in [5.74, 6) is -0.317. The molecule has 0 saturated carbocycles. The summed E-state index contributed by atoms with van der Waals surface area (Å²) in [5.41, 5.74) is 0.512. The van der Waals surface area contributed by atoms with Gasteiger partial charge in [0.25, 0.3) is 0 Å². The van der Waals surface area contributed by atoms with Crippen molar-refractivity contribution >= 4 is 23.1 Å². The molecule has 0 radical (unpaired) electrons. The average molecular weight is 375 g/mol. The van der Waals surface area contributed by atoms with E-state index in [0.29, 0.717) is 6.42 Å². The van der Waals surface area contributed by atoms with Gasteiger partial charge in [-0.05, 0) is 60.1 Å². The van der Waals surface area contributed by atoms with Crippen molar-refractivity contribution in [3.63, 3.8) is 0 Å². The van der Waals surface area contributed by atoms with Crippen molar-refractivity contribution < 1.29 is 19.1 Å². The number of alkyl carbamates (subject to hydrolysis) is 1. The number of para-hydroxylation sites is 2. The van der Waals surface area contributed by atoms with Gasteiger partial charge in [0.1, 0.15) is 17.4 Å². The topological polar surface area (TPSA) is 82.5 Å². The lowest BCUT2D eigenvalue weighted by atomic mass is 10.2. The lowest BCUT2D eigenvalue weighted by Crippen LogP contribution is -2.37. The minimum Gasteiger partial charge on any atom is -0.460 e. The van der Waals surface area contributed by atoms with Crippen LogP contribution in [0.2, 0.25) is 0 Å². The Morgan fingerprint density at radius 1 is 1.07 bits per heavy atom. The van der Waals surface area contributed by atoms with Gasteiger partial charge in [-0.3, -0.25) is 4.79 Å². The molecule has 1 N–H and O–H groups in total. The number of esters is 1.